The van der Waals surface area contributed by atoms with E-state index < -0.39 is 0 Å². The van der Waals surface area contributed by atoms with Gasteiger partial charge in [-0.25, -0.2) is 9.37 Å². The molecule has 0 saturated carbocycles. The molecule has 3 heterocycles. The van der Waals surface area contributed by atoms with Crippen LogP contribution >= 0.6 is 22.7 Å². The topological polar surface area (TPSA) is 46.9 Å². The Kier molecular flexibility index (Phi) is 5.13. The molecule has 0 aliphatic heterocycles. The van der Waals surface area contributed by atoms with Gasteiger partial charge in [0.1, 0.15) is 11.5 Å². The summed E-state index contributed by atoms with van der Waals surface area (Å²) in [5.74, 6) is -0.520. The molecule has 31 heavy (non-hydrogen) atoms. The molecule has 4 nitrogen and oxygen atoms in total. The molecule has 0 aliphatic rings. The highest BCUT2D eigenvalue weighted by molar-refractivity contribution is 7.17. The number of aryl methyl sites for hydroxylation is 1. The highest BCUT2D eigenvalue weighted by atomic mass is 32.1. The van der Waals surface area contributed by atoms with Gasteiger partial charge in [-0.3, -0.25) is 10.1 Å². The van der Waals surface area contributed by atoms with Gasteiger partial charge in [0, 0.05) is 17.5 Å². The number of nitrogens with zero attached hydrogens (tertiary/aromatic N) is 2. The third-order valence-corrected chi connectivity index (χ3v) is 6.67. The third kappa shape index (κ3) is 4.02. The molecule has 0 bridgehead atoms. The smallest absolute Gasteiger partial charge is 0.274 e. The Labute approximate surface area is 186 Å². The fraction of sp³-hybridized carbons (Fsp3) is 0.0833. The number of thiophene rings is 1. The number of rotatable bonds is 5. The van der Waals surface area contributed by atoms with Crippen molar-refractivity contribution in [3.8, 4) is 11.3 Å². The lowest BCUT2D eigenvalue weighted by atomic mass is 10.1. The summed E-state index contributed by atoms with van der Waals surface area (Å²) in [6.07, 6.45) is 0. The Morgan fingerprint density at radius 2 is 1.94 bits per heavy atom. The van der Waals surface area contributed by atoms with Crippen molar-refractivity contribution in [3.63, 3.8) is 0 Å². The highest BCUT2D eigenvalue weighted by Crippen LogP contribution is 2.29. The van der Waals surface area contributed by atoms with Crippen LogP contribution in [0.4, 0.5) is 9.52 Å². The molecule has 5 rings (SSSR count). The van der Waals surface area contributed by atoms with Crippen molar-refractivity contribution in [3.05, 3.63) is 94.1 Å². The van der Waals surface area contributed by atoms with E-state index in [1.165, 1.54) is 29.0 Å². The predicted octanol–water partition coefficient (Wildman–Crippen LogP) is 6.57. The van der Waals surface area contributed by atoms with Gasteiger partial charge < -0.3 is 4.57 Å². The Morgan fingerprint density at radius 3 is 2.74 bits per heavy atom. The SMILES string of the molecule is Cc1ccc(-c2csc(NC(=O)c3cc4sccc4n3Cc3cccc(F)c3)n2)cc1. The van der Waals surface area contributed by atoms with Crippen LogP contribution in [-0.2, 0) is 6.54 Å². The number of amides is 1. The third-order valence-electron chi connectivity index (χ3n) is 5.06. The minimum Gasteiger partial charge on any atom is -0.331 e. The number of aromatic nitrogens is 2. The zero-order valence-electron chi connectivity index (χ0n) is 16.6. The number of hydrogen-bond donors (Lipinski definition) is 1. The van der Waals surface area contributed by atoms with Gasteiger partial charge in [-0.2, -0.15) is 0 Å². The van der Waals surface area contributed by atoms with Crippen molar-refractivity contribution >= 4 is 43.9 Å². The van der Waals surface area contributed by atoms with E-state index in [1.807, 2.05) is 64.7 Å². The van der Waals surface area contributed by atoms with Crippen molar-refractivity contribution in [2.45, 2.75) is 13.5 Å². The lowest BCUT2D eigenvalue weighted by Crippen LogP contribution is -2.17. The fourth-order valence-electron chi connectivity index (χ4n) is 3.50. The molecule has 3 aromatic heterocycles. The molecule has 2 aromatic carbocycles. The maximum absolute atomic E-state index is 13.7. The summed E-state index contributed by atoms with van der Waals surface area (Å²) >= 11 is 2.97. The van der Waals surface area contributed by atoms with Crippen LogP contribution in [0.25, 0.3) is 21.5 Å². The standard InChI is InChI=1S/C24H18FN3OS2/c1-15-5-7-17(8-6-15)19-14-31-24(26-19)27-23(29)21-12-22-20(9-10-30-22)28(21)13-16-3-2-4-18(25)11-16/h2-12,14H,13H2,1H3,(H,26,27,29). The molecule has 0 saturated heterocycles. The first-order valence-electron chi connectivity index (χ1n) is 9.72. The van der Waals surface area contributed by atoms with E-state index in [0.717, 1.165) is 27.0 Å². The molecule has 0 atom stereocenters. The normalized spacial score (nSPS) is 11.2. The Morgan fingerprint density at radius 1 is 1.10 bits per heavy atom. The number of fused-ring (bicyclic) bond motifs is 1. The highest BCUT2D eigenvalue weighted by Gasteiger charge is 2.18. The van der Waals surface area contributed by atoms with Crippen molar-refractivity contribution in [2.75, 3.05) is 5.32 Å². The molecule has 0 aliphatic carbocycles. The maximum Gasteiger partial charge on any atom is 0.274 e. The van der Waals surface area contributed by atoms with E-state index in [1.54, 1.807) is 17.4 Å². The number of halogens is 1. The molecule has 0 fully saturated rings. The quantitative estimate of drug-likeness (QED) is 0.331. The van der Waals surface area contributed by atoms with Crippen LogP contribution in [0.5, 0.6) is 0 Å². The van der Waals surface area contributed by atoms with Gasteiger partial charge in [-0.15, -0.1) is 22.7 Å². The first-order valence-corrected chi connectivity index (χ1v) is 11.5. The number of anilines is 1. The van der Waals surface area contributed by atoms with Crippen LogP contribution in [0.3, 0.4) is 0 Å². The fourth-order valence-corrected chi connectivity index (χ4v) is 5.04. The van der Waals surface area contributed by atoms with Crippen LogP contribution in [0.2, 0.25) is 0 Å². The van der Waals surface area contributed by atoms with Gasteiger partial charge in [0.15, 0.2) is 5.13 Å². The van der Waals surface area contributed by atoms with E-state index in [0.29, 0.717) is 17.4 Å². The Hall–Kier alpha value is -3.29. The number of thiazole rings is 1. The average Bonchev–Trinajstić information content (AvgIpc) is 3.46. The van der Waals surface area contributed by atoms with Crippen molar-refractivity contribution in [1.29, 1.82) is 0 Å². The van der Waals surface area contributed by atoms with Crippen LogP contribution in [0.1, 0.15) is 21.6 Å². The molecular formula is C24H18FN3OS2. The van der Waals surface area contributed by atoms with Gasteiger partial charge in [0.2, 0.25) is 0 Å². The number of carbonyl (C=O) groups excluding carboxylic acids is 1. The van der Waals surface area contributed by atoms with Crippen molar-refractivity contribution in [2.24, 2.45) is 0 Å². The zero-order valence-corrected chi connectivity index (χ0v) is 18.3. The summed E-state index contributed by atoms with van der Waals surface area (Å²) in [5, 5.41) is 7.39. The number of benzene rings is 2. The second-order valence-corrected chi connectivity index (χ2v) is 9.08. The molecule has 154 valence electrons. The number of nitrogens with one attached hydrogen (secondary N) is 1. The van der Waals surface area contributed by atoms with E-state index in [9.17, 15) is 9.18 Å². The van der Waals surface area contributed by atoms with Gasteiger partial charge in [0.25, 0.3) is 5.91 Å². The predicted molar refractivity (Wildman–Crippen MR) is 126 cm³/mol. The first-order chi connectivity index (χ1) is 15.1. The lowest BCUT2D eigenvalue weighted by Gasteiger charge is -2.10. The van der Waals surface area contributed by atoms with Crippen LogP contribution in [-0.4, -0.2) is 15.5 Å². The summed E-state index contributed by atoms with van der Waals surface area (Å²) in [6.45, 7) is 2.45. The number of hydrogen-bond acceptors (Lipinski definition) is 4. The van der Waals surface area contributed by atoms with Gasteiger partial charge >= 0.3 is 0 Å². The maximum atomic E-state index is 13.7. The molecule has 0 spiro atoms. The summed E-state index contributed by atoms with van der Waals surface area (Å²) in [4.78, 5) is 17.7. The summed E-state index contributed by atoms with van der Waals surface area (Å²) in [7, 11) is 0. The molecule has 7 heteroatoms. The largest absolute Gasteiger partial charge is 0.331 e. The van der Waals surface area contributed by atoms with E-state index >= 15 is 0 Å². The Bertz CT molecular complexity index is 1380. The van der Waals surface area contributed by atoms with Gasteiger partial charge in [-0.05, 0) is 42.1 Å². The molecular weight excluding hydrogens is 429 g/mol. The second kappa shape index (κ2) is 8.09. The molecule has 0 radical (unpaired) electrons. The monoisotopic (exact) mass is 447 g/mol. The number of carbonyl (C=O) groups is 1. The van der Waals surface area contributed by atoms with E-state index in [4.69, 9.17) is 0 Å². The average molecular weight is 448 g/mol. The van der Waals surface area contributed by atoms with Crippen LogP contribution in [0.15, 0.2) is 71.4 Å². The summed E-state index contributed by atoms with van der Waals surface area (Å²) < 4.78 is 16.6. The summed E-state index contributed by atoms with van der Waals surface area (Å²) in [6, 6.07) is 18.4. The lowest BCUT2D eigenvalue weighted by molar-refractivity contribution is 0.101. The first kappa shape index (κ1) is 19.7. The summed E-state index contributed by atoms with van der Waals surface area (Å²) in [5.41, 5.74) is 5.31. The minimum absolute atomic E-state index is 0.232. The zero-order chi connectivity index (χ0) is 21.4. The molecule has 1 amide bonds. The van der Waals surface area contributed by atoms with E-state index in [-0.39, 0.29) is 11.7 Å². The molecule has 0 unspecified atom stereocenters. The molecule has 1 N–H and O–H groups in total. The van der Waals surface area contributed by atoms with Crippen LogP contribution in [0, 0.1) is 12.7 Å². The van der Waals surface area contributed by atoms with Crippen molar-refractivity contribution in [1.82, 2.24) is 9.55 Å². The molecule has 5 aromatic rings. The van der Waals surface area contributed by atoms with E-state index in [2.05, 4.69) is 10.3 Å². The second-order valence-electron chi connectivity index (χ2n) is 7.27. The minimum atomic E-state index is -0.288. The van der Waals surface area contributed by atoms with Crippen LogP contribution < -0.4 is 5.32 Å². The van der Waals surface area contributed by atoms with Gasteiger partial charge in [0.05, 0.1) is 15.9 Å². The van der Waals surface area contributed by atoms with Gasteiger partial charge in [-0.1, -0.05) is 42.0 Å². The Balaban J connectivity index is 1.42. The van der Waals surface area contributed by atoms with Crippen molar-refractivity contribution < 1.29 is 9.18 Å².